The van der Waals surface area contributed by atoms with Gasteiger partial charge in [0.1, 0.15) is 0 Å². The molecule has 2 N–H and O–H groups in total. The van der Waals surface area contributed by atoms with Crippen molar-refractivity contribution in [2.45, 2.75) is 45.1 Å². The van der Waals surface area contributed by atoms with Crippen molar-refractivity contribution in [3.63, 3.8) is 0 Å². The summed E-state index contributed by atoms with van der Waals surface area (Å²) in [7, 11) is 2.14. The lowest BCUT2D eigenvalue weighted by molar-refractivity contribution is 0.362. The van der Waals surface area contributed by atoms with Gasteiger partial charge in [-0.15, -0.1) is 0 Å². The van der Waals surface area contributed by atoms with E-state index >= 15 is 0 Å². The summed E-state index contributed by atoms with van der Waals surface area (Å²) in [5.41, 5.74) is 8.10. The van der Waals surface area contributed by atoms with Crippen LogP contribution in [-0.2, 0) is 0 Å². The van der Waals surface area contributed by atoms with Gasteiger partial charge in [-0.05, 0) is 43.4 Å². The molecule has 1 aliphatic carbocycles. The predicted molar refractivity (Wildman–Crippen MR) is 83.9 cm³/mol. The second-order valence-corrected chi connectivity index (χ2v) is 6.29. The highest BCUT2D eigenvalue weighted by atomic mass is 35.5. The van der Waals surface area contributed by atoms with Crippen LogP contribution in [0.4, 0.5) is 5.69 Å². The van der Waals surface area contributed by atoms with Crippen LogP contribution in [0.2, 0.25) is 5.02 Å². The van der Waals surface area contributed by atoms with Crippen LogP contribution in [0.15, 0.2) is 18.2 Å². The van der Waals surface area contributed by atoms with E-state index in [4.69, 9.17) is 17.3 Å². The third-order valence-corrected chi connectivity index (χ3v) is 4.47. The molecular weight excluding hydrogens is 256 g/mol. The van der Waals surface area contributed by atoms with E-state index in [-0.39, 0.29) is 6.04 Å². The SMILES string of the molecule is C[C@@H](N)c1ccc(N(C)CC2CCCCC2)c(Cl)c1. The highest BCUT2D eigenvalue weighted by molar-refractivity contribution is 6.33. The Hall–Kier alpha value is -0.730. The minimum Gasteiger partial charge on any atom is -0.373 e. The highest BCUT2D eigenvalue weighted by Gasteiger charge is 2.17. The molecule has 1 aromatic rings. The molecule has 0 saturated heterocycles. The Morgan fingerprint density at radius 2 is 2.00 bits per heavy atom. The molecule has 0 amide bonds. The first-order chi connectivity index (χ1) is 9.08. The fourth-order valence-corrected chi connectivity index (χ4v) is 3.30. The molecule has 0 aromatic heterocycles. The first-order valence-corrected chi connectivity index (χ1v) is 7.72. The van der Waals surface area contributed by atoms with E-state index in [1.807, 2.05) is 13.0 Å². The average molecular weight is 281 g/mol. The number of benzene rings is 1. The maximum Gasteiger partial charge on any atom is 0.0642 e. The molecule has 0 bridgehead atoms. The molecule has 19 heavy (non-hydrogen) atoms. The van der Waals surface area contributed by atoms with Gasteiger partial charge in [-0.25, -0.2) is 0 Å². The number of anilines is 1. The quantitative estimate of drug-likeness (QED) is 0.887. The molecule has 1 aromatic carbocycles. The van der Waals surface area contributed by atoms with Crippen LogP contribution in [0.3, 0.4) is 0 Å². The molecular formula is C16H25ClN2. The lowest BCUT2D eigenvalue weighted by Gasteiger charge is -2.29. The lowest BCUT2D eigenvalue weighted by atomic mass is 9.89. The van der Waals surface area contributed by atoms with Crippen molar-refractivity contribution in [2.24, 2.45) is 11.7 Å². The zero-order valence-electron chi connectivity index (χ0n) is 12.0. The summed E-state index contributed by atoms with van der Waals surface area (Å²) in [5.74, 6) is 0.822. The van der Waals surface area contributed by atoms with Crippen LogP contribution < -0.4 is 10.6 Å². The highest BCUT2D eigenvalue weighted by Crippen LogP contribution is 2.30. The largest absolute Gasteiger partial charge is 0.373 e. The van der Waals surface area contributed by atoms with E-state index in [1.54, 1.807) is 0 Å². The normalized spacial score (nSPS) is 18.3. The molecule has 0 radical (unpaired) electrons. The average Bonchev–Trinajstić information content (AvgIpc) is 2.39. The van der Waals surface area contributed by atoms with Gasteiger partial charge in [-0.3, -0.25) is 0 Å². The summed E-state index contributed by atoms with van der Waals surface area (Å²) in [6, 6.07) is 6.22. The summed E-state index contributed by atoms with van der Waals surface area (Å²) in [6.45, 7) is 3.09. The Bertz CT molecular complexity index is 411. The molecule has 2 rings (SSSR count). The number of hydrogen-bond donors (Lipinski definition) is 1. The van der Waals surface area contributed by atoms with Crippen LogP contribution in [-0.4, -0.2) is 13.6 Å². The van der Waals surface area contributed by atoms with Gasteiger partial charge in [0, 0.05) is 19.6 Å². The van der Waals surface area contributed by atoms with E-state index in [0.717, 1.165) is 28.7 Å². The first kappa shape index (κ1) is 14.7. The Morgan fingerprint density at radius 3 is 2.58 bits per heavy atom. The van der Waals surface area contributed by atoms with Crippen molar-refractivity contribution in [1.29, 1.82) is 0 Å². The summed E-state index contributed by atoms with van der Waals surface area (Å²) in [4.78, 5) is 2.29. The Kier molecular flexibility index (Phi) is 5.12. The van der Waals surface area contributed by atoms with E-state index in [9.17, 15) is 0 Å². The van der Waals surface area contributed by atoms with Crippen LogP contribution >= 0.6 is 11.6 Å². The zero-order chi connectivity index (χ0) is 13.8. The summed E-state index contributed by atoms with van der Waals surface area (Å²) < 4.78 is 0. The van der Waals surface area contributed by atoms with Gasteiger partial charge in [-0.2, -0.15) is 0 Å². The summed E-state index contributed by atoms with van der Waals surface area (Å²) >= 11 is 6.39. The van der Waals surface area contributed by atoms with Gasteiger partial charge in [0.2, 0.25) is 0 Å². The predicted octanol–water partition coefficient (Wildman–Crippen LogP) is 4.38. The number of nitrogens with two attached hydrogens (primary N) is 1. The monoisotopic (exact) mass is 280 g/mol. The standard InChI is InChI=1S/C16H25ClN2/c1-12(18)14-8-9-16(15(17)10-14)19(2)11-13-6-4-3-5-7-13/h8-10,12-13H,3-7,11,18H2,1-2H3/t12-/m1/s1. The van der Waals surface area contributed by atoms with Crippen molar-refractivity contribution in [1.82, 2.24) is 0 Å². The number of rotatable bonds is 4. The van der Waals surface area contributed by atoms with Gasteiger partial charge < -0.3 is 10.6 Å². The lowest BCUT2D eigenvalue weighted by Crippen LogP contribution is -2.27. The molecule has 1 fully saturated rings. The summed E-state index contributed by atoms with van der Waals surface area (Å²) in [5, 5.41) is 0.813. The number of halogens is 1. The van der Waals surface area contributed by atoms with Crippen LogP contribution in [0, 0.1) is 5.92 Å². The summed E-state index contributed by atoms with van der Waals surface area (Å²) in [6.07, 6.45) is 6.90. The first-order valence-electron chi connectivity index (χ1n) is 7.34. The van der Waals surface area contributed by atoms with Gasteiger partial charge >= 0.3 is 0 Å². The molecule has 3 heteroatoms. The van der Waals surface area contributed by atoms with Gasteiger partial charge in [0.05, 0.1) is 10.7 Å². The fourth-order valence-electron chi connectivity index (χ4n) is 2.97. The van der Waals surface area contributed by atoms with Crippen molar-refractivity contribution in [3.05, 3.63) is 28.8 Å². The Labute approximate surface area is 121 Å². The number of nitrogens with zero attached hydrogens (tertiary/aromatic N) is 1. The van der Waals surface area contributed by atoms with Crippen molar-refractivity contribution in [3.8, 4) is 0 Å². The minimum atomic E-state index is 0.0372. The molecule has 0 heterocycles. The minimum absolute atomic E-state index is 0.0372. The van der Waals surface area contributed by atoms with E-state index < -0.39 is 0 Å². The van der Waals surface area contributed by atoms with Crippen molar-refractivity contribution >= 4 is 17.3 Å². The topological polar surface area (TPSA) is 29.3 Å². The molecule has 1 aliphatic rings. The second kappa shape index (κ2) is 6.62. The van der Waals surface area contributed by atoms with Crippen LogP contribution in [0.5, 0.6) is 0 Å². The number of hydrogen-bond acceptors (Lipinski definition) is 2. The fraction of sp³-hybridized carbons (Fsp3) is 0.625. The van der Waals surface area contributed by atoms with Gasteiger partial charge in [-0.1, -0.05) is 36.9 Å². The van der Waals surface area contributed by atoms with Crippen molar-refractivity contribution in [2.75, 3.05) is 18.5 Å². The van der Waals surface area contributed by atoms with E-state index in [0.29, 0.717) is 0 Å². The Balaban J connectivity index is 2.03. The molecule has 1 saturated carbocycles. The molecule has 0 aliphatic heterocycles. The van der Waals surface area contributed by atoms with Crippen molar-refractivity contribution < 1.29 is 0 Å². The second-order valence-electron chi connectivity index (χ2n) is 5.88. The van der Waals surface area contributed by atoms with E-state index in [1.165, 1.54) is 32.1 Å². The van der Waals surface area contributed by atoms with Crippen LogP contribution in [0.25, 0.3) is 0 Å². The van der Waals surface area contributed by atoms with Gasteiger partial charge in [0.15, 0.2) is 0 Å². The molecule has 2 nitrogen and oxygen atoms in total. The maximum absolute atomic E-state index is 6.39. The third-order valence-electron chi connectivity index (χ3n) is 4.17. The third kappa shape index (κ3) is 3.87. The molecule has 0 unspecified atom stereocenters. The Morgan fingerprint density at radius 1 is 1.32 bits per heavy atom. The molecule has 106 valence electrons. The van der Waals surface area contributed by atoms with Gasteiger partial charge in [0.25, 0.3) is 0 Å². The molecule has 0 spiro atoms. The van der Waals surface area contributed by atoms with E-state index in [2.05, 4.69) is 24.1 Å². The maximum atomic E-state index is 6.39. The van der Waals surface area contributed by atoms with Crippen LogP contribution in [0.1, 0.15) is 50.6 Å². The molecule has 1 atom stereocenters. The zero-order valence-corrected chi connectivity index (χ0v) is 12.8. The smallest absolute Gasteiger partial charge is 0.0642 e.